The third-order valence-electron chi connectivity index (χ3n) is 6.98. The van der Waals surface area contributed by atoms with Crippen molar-refractivity contribution in [2.45, 2.75) is 32.9 Å². The molecule has 0 aliphatic carbocycles. The van der Waals surface area contributed by atoms with E-state index in [0.717, 1.165) is 37.1 Å². The molecule has 3 heterocycles. The average Bonchev–Trinajstić information content (AvgIpc) is 3.32. The van der Waals surface area contributed by atoms with E-state index in [1.165, 1.54) is 6.26 Å². The van der Waals surface area contributed by atoms with Crippen LogP contribution in [-0.2, 0) is 4.74 Å². The van der Waals surface area contributed by atoms with Gasteiger partial charge < -0.3 is 14.3 Å². The van der Waals surface area contributed by atoms with Gasteiger partial charge in [-0.05, 0) is 38.5 Å². The van der Waals surface area contributed by atoms with Crippen molar-refractivity contribution in [1.29, 1.82) is 0 Å². The molecule has 4 aromatic rings. The summed E-state index contributed by atoms with van der Waals surface area (Å²) in [5.41, 5.74) is 2.58. The number of piperazine rings is 1. The summed E-state index contributed by atoms with van der Waals surface area (Å²) in [6, 6.07) is 11.7. The number of aromatic nitrogens is 1. The molecule has 2 aromatic carbocycles. The minimum Gasteiger partial charge on any atom is -0.507 e. The van der Waals surface area contributed by atoms with Crippen molar-refractivity contribution in [3.8, 4) is 5.75 Å². The summed E-state index contributed by atoms with van der Waals surface area (Å²) in [5, 5.41) is 13.8. The van der Waals surface area contributed by atoms with Crippen molar-refractivity contribution >= 4 is 27.7 Å². The van der Waals surface area contributed by atoms with Gasteiger partial charge in [0.25, 0.3) is 0 Å². The normalized spacial score (nSPS) is 16.2. The van der Waals surface area contributed by atoms with Gasteiger partial charge in [-0.2, -0.15) is 0 Å². The second-order valence-corrected chi connectivity index (χ2v) is 9.23. The number of benzene rings is 2. The minimum absolute atomic E-state index is 0.160. The number of rotatable bonds is 6. The summed E-state index contributed by atoms with van der Waals surface area (Å²) in [4.78, 5) is 22.0. The fraction of sp³-hybridized carbons (Fsp3) is 0.357. The largest absolute Gasteiger partial charge is 0.507 e. The molecular formula is C28H31N3O4. The molecule has 0 amide bonds. The molecular weight excluding hydrogens is 442 g/mol. The van der Waals surface area contributed by atoms with E-state index in [-0.39, 0.29) is 18.4 Å². The number of furan rings is 1. The number of phenols is 1. The average molecular weight is 474 g/mol. The summed E-state index contributed by atoms with van der Waals surface area (Å²) >= 11 is 0. The SMILES string of the molecule is CCOC(=O)c1coc2c1c(C(c1ccncc1)N1CCN(C(C)C)CC1)c(O)c1ccccc12. The van der Waals surface area contributed by atoms with Crippen LogP contribution < -0.4 is 0 Å². The van der Waals surface area contributed by atoms with Crippen molar-refractivity contribution in [2.24, 2.45) is 0 Å². The zero-order chi connectivity index (χ0) is 24.5. The zero-order valence-corrected chi connectivity index (χ0v) is 20.4. The van der Waals surface area contributed by atoms with Gasteiger partial charge >= 0.3 is 5.97 Å². The molecule has 1 aliphatic rings. The van der Waals surface area contributed by atoms with Crippen LogP contribution in [0.4, 0.5) is 0 Å². The summed E-state index contributed by atoms with van der Waals surface area (Å²) in [6.45, 7) is 9.96. The number of aromatic hydroxyl groups is 1. The molecule has 0 saturated carbocycles. The van der Waals surface area contributed by atoms with Crippen LogP contribution in [0.5, 0.6) is 5.75 Å². The van der Waals surface area contributed by atoms with E-state index >= 15 is 0 Å². The minimum atomic E-state index is -0.458. The molecule has 7 heteroatoms. The maximum absolute atomic E-state index is 13.0. The van der Waals surface area contributed by atoms with Gasteiger partial charge in [0.2, 0.25) is 0 Å². The van der Waals surface area contributed by atoms with Gasteiger partial charge in [0.05, 0.1) is 12.6 Å². The third kappa shape index (κ3) is 4.15. The Morgan fingerprint density at radius 1 is 1.06 bits per heavy atom. The molecule has 1 aliphatic heterocycles. The fourth-order valence-corrected chi connectivity index (χ4v) is 5.22. The van der Waals surface area contributed by atoms with E-state index in [4.69, 9.17) is 9.15 Å². The summed E-state index contributed by atoms with van der Waals surface area (Å²) in [6.07, 6.45) is 4.99. The van der Waals surface area contributed by atoms with Gasteiger partial charge in [-0.25, -0.2) is 4.79 Å². The number of hydrogen-bond acceptors (Lipinski definition) is 7. The number of esters is 1. The molecule has 1 atom stereocenters. The Hall–Kier alpha value is -3.42. The number of carbonyl (C=O) groups excluding carboxylic acids is 1. The van der Waals surface area contributed by atoms with Crippen LogP contribution in [0.25, 0.3) is 21.7 Å². The van der Waals surface area contributed by atoms with Crippen molar-refractivity contribution in [1.82, 2.24) is 14.8 Å². The molecule has 5 rings (SSSR count). The lowest BCUT2D eigenvalue weighted by molar-refractivity contribution is 0.0527. The molecule has 0 bridgehead atoms. The number of nitrogens with zero attached hydrogens (tertiary/aromatic N) is 3. The summed E-state index contributed by atoms with van der Waals surface area (Å²) in [7, 11) is 0. The van der Waals surface area contributed by atoms with E-state index in [1.54, 1.807) is 19.3 Å². The molecule has 7 nitrogen and oxygen atoms in total. The van der Waals surface area contributed by atoms with Crippen LogP contribution in [0.3, 0.4) is 0 Å². The first-order valence-corrected chi connectivity index (χ1v) is 12.2. The highest BCUT2D eigenvalue weighted by Crippen LogP contribution is 2.46. The number of ether oxygens (including phenoxy) is 1. The van der Waals surface area contributed by atoms with Crippen LogP contribution >= 0.6 is 0 Å². The van der Waals surface area contributed by atoms with Gasteiger partial charge in [0.15, 0.2) is 0 Å². The van der Waals surface area contributed by atoms with Crippen LogP contribution in [0, 0.1) is 0 Å². The van der Waals surface area contributed by atoms with E-state index in [0.29, 0.717) is 33.5 Å². The summed E-state index contributed by atoms with van der Waals surface area (Å²) in [5.74, 6) is -0.298. The Kier molecular flexibility index (Phi) is 6.45. The third-order valence-corrected chi connectivity index (χ3v) is 6.98. The molecule has 2 aromatic heterocycles. The molecule has 35 heavy (non-hydrogen) atoms. The summed E-state index contributed by atoms with van der Waals surface area (Å²) < 4.78 is 11.4. The van der Waals surface area contributed by atoms with Gasteiger partial charge in [-0.15, -0.1) is 0 Å². The van der Waals surface area contributed by atoms with Crippen molar-refractivity contribution in [3.63, 3.8) is 0 Å². The number of hydrogen-bond donors (Lipinski definition) is 1. The molecule has 1 fully saturated rings. The smallest absolute Gasteiger partial charge is 0.342 e. The van der Waals surface area contributed by atoms with Crippen molar-refractivity contribution < 1.29 is 19.1 Å². The van der Waals surface area contributed by atoms with Gasteiger partial charge in [-0.1, -0.05) is 24.3 Å². The monoisotopic (exact) mass is 473 g/mol. The Labute approximate surface area is 204 Å². The van der Waals surface area contributed by atoms with E-state index in [2.05, 4.69) is 28.6 Å². The van der Waals surface area contributed by atoms with Crippen LogP contribution in [0.2, 0.25) is 0 Å². The highest BCUT2D eigenvalue weighted by atomic mass is 16.5. The predicted octanol–water partition coefficient (Wildman–Crippen LogP) is 4.98. The number of pyridine rings is 1. The lowest BCUT2D eigenvalue weighted by Crippen LogP contribution is -2.50. The number of fused-ring (bicyclic) bond motifs is 3. The predicted molar refractivity (Wildman–Crippen MR) is 136 cm³/mol. The number of phenolic OH excluding ortho intramolecular Hbond substituents is 1. The maximum Gasteiger partial charge on any atom is 0.342 e. The quantitative estimate of drug-likeness (QED) is 0.396. The standard InChI is InChI=1S/C28H31N3O4/c1-4-34-28(33)22-17-35-27-21-8-6-5-7-20(21)26(32)24(23(22)27)25(19-9-11-29-12-10-19)31-15-13-30(14-16-31)18(2)3/h5-12,17-18,25,32H,4,13-16H2,1-3H3. The Balaban J connectivity index is 1.77. The zero-order valence-electron chi connectivity index (χ0n) is 20.4. The number of carbonyl (C=O) groups is 1. The van der Waals surface area contributed by atoms with Gasteiger partial charge in [-0.3, -0.25) is 14.8 Å². The van der Waals surface area contributed by atoms with Crippen LogP contribution in [0.1, 0.15) is 48.3 Å². The molecule has 1 N–H and O–H groups in total. The van der Waals surface area contributed by atoms with Crippen molar-refractivity contribution in [3.05, 3.63) is 71.7 Å². The Bertz CT molecular complexity index is 1340. The second-order valence-electron chi connectivity index (χ2n) is 9.23. The second kappa shape index (κ2) is 9.68. The Morgan fingerprint density at radius 2 is 1.71 bits per heavy atom. The molecule has 1 unspecified atom stereocenters. The molecule has 1 saturated heterocycles. The highest BCUT2D eigenvalue weighted by Gasteiger charge is 2.34. The lowest BCUT2D eigenvalue weighted by Gasteiger charge is -2.41. The maximum atomic E-state index is 13.0. The topological polar surface area (TPSA) is 79.0 Å². The molecule has 182 valence electrons. The van der Waals surface area contributed by atoms with Gasteiger partial charge in [0, 0.05) is 66.3 Å². The van der Waals surface area contributed by atoms with Gasteiger partial charge in [0.1, 0.15) is 23.2 Å². The first-order valence-electron chi connectivity index (χ1n) is 12.2. The fourth-order valence-electron chi connectivity index (χ4n) is 5.22. The van der Waals surface area contributed by atoms with Crippen LogP contribution in [-0.4, -0.2) is 64.7 Å². The highest BCUT2D eigenvalue weighted by molar-refractivity contribution is 6.16. The first-order chi connectivity index (χ1) is 17.0. The van der Waals surface area contributed by atoms with Crippen molar-refractivity contribution in [2.75, 3.05) is 32.8 Å². The van der Waals surface area contributed by atoms with E-state index < -0.39 is 5.97 Å². The molecule has 0 radical (unpaired) electrons. The lowest BCUT2D eigenvalue weighted by atomic mass is 9.89. The van der Waals surface area contributed by atoms with E-state index in [1.807, 2.05) is 36.4 Å². The first kappa shape index (κ1) is 23.3. The Morgan fingerprint density at radius 3 is 2.37 bits per heavy atom. The van der Waals surface area contributed by atoms with Crippen LogP contribution in [0.15, 0.2) is 59.5 Å². The molecule has 0 spiro atoms. The van der Waals surface area contributed by atoms with E-state index in [9.17, 15) is 9.90 Å².